The van der Waals surface area contributed by atoms with Crippen molar-refractivity contribution in [1.29, 1.82) is 0 Å². The number of aromatic amines is 1. The molecule has 2 nitrogen and oxygen atoms in total. The van der Waals surface area contributed by atoms with Gasteiger partial charge in [0, 0.05) is 34.0 Å². The van der Waals surface area contributed by atoms with Crippen molar-refractivity contribution in [2.75, 3.05) is 0 Å². The fourth-order valence-corrected chi connectivity index (χ4v) is 4.62. The minimum atomic E-state index is -0.671. The third-order valence-electron chi connectivity index (χ3n) is 5.35. The Kier molecular flexibility index (Phi) is 3.98. The van der Waals surface area contributed by atoms with Gasteiger partial charge in [-0.25, -0.2) is 8.78 Å². The van der Waals surface area contributed by atoms with E-state index >= 15 is 0 Å². The Labute approximate surface area is 165 Å². The van der Waals surface area contributed by atoms with Gasteiger partial charge < -0.3 is 0 Å². The molecule has 0 bridgehead atoms. The van der Waals surface area contributed by atoms with E-state index < -0.39 is 5.41 Å². The van der Waals surface area contributed by atoms with Crippen LogP contribution in [0.2, 0.25) is 0 Å². The summed E-state index contributed by atoms with van der Waals surface area (Å²) in [5.41, 5.74) is 4.85. The molecule has 0 fully saturated rings. The average molecular weight is 390 g/mol. The molecule has 1 N–H and O–H groups in total. The highest BCUT2D eigenvalue weighted by molar-refractivity contribution is 7.08. The molecule has 0 amide bonds. The number of hydrogen-bond donors (Lipinski definition) is 1. The average Bonchev–Trinajstić information content (AvgIpc) is 3.37. The van der Waals surface area contributed by atoms with Gasteiger partial charge in [0.25, 0.3) is 0 Å². The predicted octanol–water partition coefficient (Wildman–Crippen LogP) is 5.97. The highest BCUT2D eigenvalue weighted by Gasteiger charge is 2.37. The second-order valence-electron chi connectivity index (χ2n) is 6.98. The van der Waals surface area contributed by atoms with Gasteiger partial charge in [-0.15, -0.1) is 0 Å². The monoisotopic (exact) mass is 390 g/mol. The number of thiophene rings is 1. The third-order valence-corrected chi connectivity index (χ3v) is 6.03. The summed E-state index contributed by atoms with van der Waals surface area (Å²) in [5.74, 6) is -0.618. The molecular weight excluding hydrogens is 374 g/mol. The summed E-state index contributed by atoms with van der Waals surface area (Å²) < 4.78 is 28.1. The maximum Gasteiger partial charge on any atom is 0.123 e. The molecule has 0 atom stereocenters. The van der Waals surface area contributed by atoms with E-state index in [1.807, 2.05) is 35.7 Å². The van der Waals surface area contributed by atoms with Gasteiger partial charge in [0.2, 0.25) is 0 Å². The van der Waals surface area contributed by atoms with Gasteiger partial charge >= 0.3 is 0 Å². The van der Waals surface area contributed by atoms with Crippen LogP contribution >= 0.6 is 11.3 Å². The highest BCUT2D eigenvalue weighted by Crippen LogP contribution is 2.43. The van der Waals surface area contributed by atoms with Crippen LogP contribution in [0.5, 0.6) is 0 Å². The van der Waals surface area contributed by atoms with Gasteiger partial charge in [0.05, 0.1) is 0 Å². The van der Waals surface area contributed by atoms with Gasteiger partial charge in [-0.05, 0) is 46.8 Å². The van der Waals surface area contributed by atoms with Crippen molar-refractivity contribution in [3.8, 4) is 11.3 Å². The number of allylic oxidation sites excluding steroid dienone is 1. The molecule has 0 aliphatic heterocycles. The van der Waals surface area contributed by atoms with Crippen LogP contribution in [0.25, 0.3) is 17.3 Å². The lowest BCUT2D eigenvalue weighted by molar-refractivity contribution is 0.582. The standard InChI is InChI=1S/C23H16F2N2S/c24-18-5-1-3-16(11-18)23(17-4-2-6-19(25)12-17)9-7-20-21(13-23)26-27-22(20)15-8-10-28-14-15/h1-12,14H,13H2,(H,26,27). The molecule has 0 radical (unpaired) electrons. The second kappa shape index (κ2) is 6.53. The topological polar surface area (TPSA) is 28.7 Å². The zero-order valence-corrected chi connectivity index (χ0v) is 15.6. The minimum Gasteiger partial charge on any atom is -0.281 e. The summed E-state index contributed by atoms with van der Waals surface area (Å²) in [4.78, 5) is 0. The molecule has 2 heterocycles. The van der Waals surface area contributed by atoms with Crippen LogP contribution in [0.15, 0.2) is 71.4 Å². The Morgan fingerprint density at radius 1 is 0.964 bits per heavy atom. The molecule has 4 aromatic rings. The van der Waals surface area contributed by atoms with E-state index in [-0.39, 0.29) is 11.6 Å². The Hall–Kier alpha value is -3.05. The number of nitrogens with zero attached hydrogens (tertiary/aromatic N) is 1. The van der Waals surface area contributed by atoms with E-state index in [4.69, 9.17) is 0 Å². The quantitative estimate of drug-likeness (QED) is 0.459. The number of rotatable bonds is 3. The lowest BCUT2D eigenvalue weighted by Crippen LogP contribution is -2.30. The Bertz CT molecular complexity index is 1130. The first kappa shape index (κ1) is 17.1. The van der Waals surface area contributed by atoms with Crippen molar-refractivity contribution >= 4 is 17.4 Å². The maximum atomic E-state index is 14.1. The molecule has 28 heavy (non-hydrogen) atoms. The normalized spacial score (nSPS) is 14.8. The number of nitrogens with one attached hydrogen (secondary N) is 1. The molecule has 0 unspecified atom stereocenters. The van der Waals surface area contributed by atoms with Crippen molar-refractivity contribution in [2.45, 2.75) is 11.8 Å². The van der Waals surface area contributed by atoms with E-state index in [1.165, 1.54) is 24.3 Å². The number of halogens is 2. The van der Waals surface area contributed by atoms with Gasteiger partial charge in [-0.3, -0.25) is 5.10 Å². The zero-order valence-electron chi connectivity index (χ0n) is 14.8. The van der Waals surface area contributed by atoms with Crippen LogP contribution in [-0.2, 0) is 11.8 Å². The van der Waals surface area contributed by atoms with Crippen LogP contribution in [-0.4, -0.2) is 10.2 Å². The fourth-order valence-electron chi connectivity index (χ4n) is 3.98. The zero-order chi connectivity index (χ0) is 19.1. The molecule has 138 valence electrons. The summed E-state index contributed by atoms with van der Waals surface area (Å²) in [7, 11) is 0. The molecule has 0 saturated heterocycles. The smallest absolute Gasteiger partial charge is 0.123 e. The van der Waals surface area contributed by atoms with Crippen LogP contribution in [0.3, 0.4) is 0 Å². The van der Waals surface area contributed by atoms with Crippen molar-refractivity contribution < 1.29 is 8.78 Å². The number of aromatic nitrogens is 2. The summed E-state index contributed by atoms with van der Waals surface area (Å²) in [5, 5.41) is 11.7. The van der Waals surface area contributed by atoms with Gasteiger partial charge in [-0.1, -0.05) is 36.4 Å². The summed E-state index contributed by atoms with van der Waals surface area (Å²) in [6, 6.07) is 15.1. The van der Waals surface area contributed by atoms with Crippen molar-refractivity contribution in [3.05, 3.63) is 105 Å². The number of H-pyrrole nitrogens is 1. The molecular formula is C23H16F2N2S. The number of hydrogen-bond acceptors (Lipinski definition) is 2. The predicted molar refractivity (Wildman–Crippen MR) is 108 cm³/mol. The van der Waals surface area contributed by atoms with Crippen LogP contribution < -0.4 is 0 Å². The molecule has 1 aliphatic carbocycles. The van der Waals surface area contributed by atoms with E-state index in [2.05, 4.69) is 15.6 Å². The first-order valence-electron chi connectivity index (χ1n) is 8.97. The minimum absolute atomic E-state index is 0.309. The summed E-state index contributed by atoms with van der Waals surface area (Å²) in [6.45, 7) is 0. The van der Waals surface area contributed by atoms with Gasteiger partial charge in [-0.2, -0.15) is 16.4 Å². The van der Waals surface area contributed by atoms with Gasteiger partial charge in [0.1, 0.15) is 17.3 Å². The number of benzene rings is 2. The lowest BCUT2D eigenvalue weighted by atomic mass is 9.68. The van der Waals surface area contributed by atoms with E-state index in [1.54, 1.807) is 23.5 Å². The van der Waals surface area contributed by atoms with E-state index in [9.17, 15) is 8.78 Å². The van der Waals surface area contributed by atoms with E-state index in [0.717, 1.165) is 33.6 Å². The third kappa shape index (κ3) is 2.70. The maximum absolute atomic E-state index is 14.1. The van der Waals surface area contributed by atoms with Crippen LogP contribution in [0.4, 0.5) is 8.78 Å². The molecule has 5 rings (SSSR count). The van der Waals surface area contributed by atoms with Gasteiger partial charge in [0.15, 0.2) is 0 Å². The van der Waals surface area contributed by atoms with Crippen LogP contribution in [0.1, 0.15) is 22.4 Å². The van der Waals surface area contributed by atoms with E-state index in [0.29, 0.717) is 6.42 Å². The van der Waals surface area contributed by atoms with Crippen LogP contribution in [0, 0.1) is 11.6 Å². The fraction of sp³-hybridized carbons (Fsp3) is 0.0870. The molecule has 5 heteroatoms. The van der Waals surface area contributed by atoms with Crippen molar-refractivity contribution in [2.24, 2.45) is 0 Å². The Balaban J connectivity index is 1.69. The summed E-state index contributed by atoms with van der Waals surface area (Å²) >= 11 is 1.62. The molecule has 0 saturated carbocycles. The Morgan fingerprint density at radius 2 is 1.68 bits per heavy atom. The Morgan fingerprint density at radius 3 is 2.29 bits per heavy atom. The summed E-state index contributed by atoms with van der Waals surface area (Å²) in [6.07, 6.45) is 4.61. The second-order valence-corrected chi connectivity index (χ2v) is 7.76. The lowest BCUT2D eigenvalue weighted by Gasteiger charge is -2.34. The molecule has 2 aromatic carbocycles. The molecule has 2 aromatic heterocycles. The van der Waals surface area contributed by atoms with Crippen molar-refractivity contribution in [1.82, 2.24) is 10.2 Å². The van der Waals surface area contributed by atoms with Crippen molar-refractivity contribution in [3.63, 3.8) is 0 Å². The SMILES string of the molecule is Fc1cccc(C2(c3cccc(F)c3)C=Cc3c(-c4ccsc4)n[nH]c3C2)c1. The number of fused-ring (bicyclic) bond motifs is 1. The first-order chi connectivity index (χ1) is 13.7. The highest BCUT2D eigenvalue weighted by atomic mass is 32.1. The molecule has 1 aliphatic rings. The molecule has 0 spiro atoms. The largest absolute Gasteiger partial charge is 0.281 e. The first-order valence-corrected chi connectivity index (χ1v) is 9.91.